The quantitative estimate of drug-likeness (QED) is 0.588. The number of benzene rings is 2. The number of nitrogens with one attached hydrogen (secondary N) is 1. The maximum Gasteiger partial charge on any atom is 0.286 e. The van der Waals surface area contributed by atoms with Crippen LogP contribution in [0.5, 0.6) is 0 Å². The van der Waals surface area contributed by atoms with Crippen molar-refractivity contribution in [3.63, 3.8) is 0 Å². The first kappa shape index (κ1) is 17.9. The summed E-state index contributed by atoms with van der Waals surface area (Å²) in [6.07, 6.45) is 1.72. The summed E-state index contributed by atoms with van der Waals surface area (Å²) >= 11 is 19.1. The van der Waals surface area contributed by atoms with Gasteiger partial charge in [-0.1, -0.05) is 58.3 Å². The highest BCUT2D eigenvalue weighted by atomic mass is 35.5. The third-order valence-corrected chi connectivity index (χ3v) is 4.91. The van der Waals surface area contributed by atoms with Crippen molar-refractivity contribution < 1.29 is 4.79 Å². The second-order valence-electron chi connectivity index (χ2n) is 4.92. The molecule has 0 aliphatic carbocycles. The molecular weight excluding hydrogens is 401 g/mol. The predicted octanol–water partition coefficient (Wildman–Crippen LogP) is 5.83. The minimum atomic E-state index is -0.363. The minimum absolute atomic E-state index is 0.211. The Kier molecular flexibility index (Phi) is 5.71. The summed E-state index contributed by atoms with van der Waals surface area (Å²) < 4.78 is 0. The van der Waals surface area contributed by atoms with Crippen molar-refractivity contribution >= 4 is 68.8 Å². The maximum absolute atomic E-state index is 12.2. The van der Waals surface area contributed by atoms with Gasteiger partial charge in [-0.3, -0.25) is 4.79 Å². The van der Waals surface area contributed by atoms with Crippen LogP contribution in [-0.4, -0.2) is 16.1 Å². The van der Waals surface area contributed by atoms with Gasteiger partial charge in [0, 0.05) is 15.7 Å². The Bertz CT molecular complexity index is 938. The molecule has 1 N–H and O–H groups in total. The standard InChI is InChI=1S/C17H10Cl3N3OS/c18-11-4-6-13(7-5-11)21-15(24)17-23-22-16(25-17)14(20)9-10-2-1-3-12(19)8-10/h1-9H,(H,21,24)/b14-9-. The zero-order valence-corrected chi connectivity index (χ0v) is 15.6. The van der Waals surface area contributed by atoms with Crippen LogP contribution in [0.15, 0.2) is 48.5 Å². The highest BCUT2D eigenvalue weighted by molar-refractivity contribution is 7.15. The van der Waals surface area contributed by atoms with Gasteiger partial charge in [-0.05, 0) is 48.0 Å². The van der Waals surface area contributed by atoms with E-state index in [-0.39, 0.29) is 10.9 Å². The van der Waals surface area contributed by atoms with Crippen molar-refractivity contribution in [1.29, 1.82) is 0 Å². The Labute approximate surface area is 163 Å². The number of carbonyl (C=O) groups is 1. The van der Waals surface area contributed by atoms with Crippen LogP contribution in [0.3, 0.4) is 0 Å². The summed E-state index contributed by atoms with van der Waals surface area (Å²) in [6.45, 7) is 0. The average molecular weight is 411 g/mol. The second-order valence-corrected chi connectivity index (χ2v) is 7.18. The lowest BCUT2D eigenvalue weighted by molar-refractivity contribution is 0.102. The first-order chi connectivity index (χ1) is 12.0. The van der Waals surface area contributed by atoms with Crippen LogP contribution in [0.1, 0.15) is 20.4 Å². The van der Waals surface area contributed by atoms with E-state index in [1.807, 2.05) is 12.1 Å². The molecule has 0 aliphatic rings. The van der Waals surface area contributed by atoms with Gasteiger partial charge in [0.2, 0.25) is 5.01 Å². The Morgan fingerprint density at radius 3 is 2.44 bits per heavy atom. The summed E-state index contributed by atoms with van der Waals surface area (Å²) in [5, 5.41) is 12.8. The fourth-order valence-electron chi connectivity index (χ4n) is 1.93. The molecule has 3 aromatic rings. The van der Waals surface area contributed by atoms with Gasteiger partial charge in [0.25, 0.3) is 5.91 Å². The van der Waals surface area contributed by atoms with Gasteiger partial charge in [-0.2, -0.15) is 0 Å². The van der Waals surface area contributed by atoms with E-state index in [2.05, 4.69) is 15.5 Å². The number of aromatic nitrogens is 2. The number of amides is 1. The number of carbonyl (C=O) groups excluding carboxylic acids is 1. The zero-order valence-electron chi connectivity index (χ0n) is 12.5. The molecule has 0 fully saturated rings. The molecule has 3 rings (SSSR count). The van der Waals surface area contributed by atoms with E-state index in [0.717, 1.165) is 16.9 Å². The van der Waals surface area contributed by atoms with E-state index in [4.69, 9.17) is 34.8 Å². The molecule has 1 amide bonds. The molecule has 0 bridgehead atoms. The molecular formula is C17H10Cl3N3OS. The predicted molar refractivity (Wildman–Crippen MR) is 104 cm³/mol. The Balaban J connectivity index is 1.75. The maximum atomic E-state index is 12.2. The van der Waals surface area contributed by atoms with E-state index in [9.17, 15) is 4.79 Å². The van der Waals surface area contributed by atoms with E-state index in [0.29, 0.717) is 25.8 Å². The molecule has 0 aliphatic heterocycles. The van der Waals surface area contributed by atoms with Crippen LogP contribution >= 0.6 is 46.1 Å². The van der Waals surface area contributed by atoms with Crippen molar-refractivity contribution in [2.75, 3.05) is 5.32 Å². The Morgan fingerprint density at radius 1 is 1.00 bits per heavy atom. The largest absolute Gasteiger partial charge is 0.320 e. The van der Waals surface area contributed by atoms with Crippen LogP contribution < -0.4 is 5.32 Å². The molecule has 0 radical (unpaired) electrons. The van der Waals surface area contributed by atoms with E-state index >= 15 is 0 Å². The van der Waals surface area contributed by atoms with Crippen LogP contribution in [-0.2, 0) is 0 Å². The second kappa shape index (κ2) is 7.97. The van der Waals surface area contributed by atoms with Crippen LogP contribution in [0, 0.1) is 0 Å². The molecule has 0 unspecified atom stereocenters. The number of halogens is 3. The minimum Gasteiger partial charge on any atom is -0.320 e. The van der Waals surface area contributed by atoms with Gasteiger partial charge in [0.15, 0.2) is 5.01 Å². The number of anilines is 1. The molecule has 4 nitrogen and oxygen atoms in total. The van der Waals surface area contributed by atoms with Crippen molar-refractivity contribution in [2.24, 2.45) is 0 Å². The van der Waals surface area contributed by atoms with Crippen LogP contribution in [0.25, 0.3) is 11.1 Å². The zero-order chi connectivity index (χ0) is 17.8. The molecule has 0 saturated heterocycles. The smallest absolute Gasteiger partial charge is 0.286 e. The first-order valence-electron chi connectivity index (χ1n) is 7.05. The molecule has 8 heteroatoms. The summed E-state index contributed by atoms with van der Waals surface area (Å²) in [4.78, 5) is 12.2. The molecule has 126 valence electrons. The first-order valence-corrected chi connectivity index (χ1v) is 9.00. The Morgan fingerprint density at radius 2 is 1.72 bits per heavy atom. The van der Waals surface area contributed by atoms with Gasteiger partial charge < -0.3 is 5.32 Å². The molecule has 25 heavy (non-hydrogen) atoms. The third-order valence-electron chi connectivity index (χ3n) is 3.07. The van der Waals surface area contributed by atoms with Crippen LogP contribution in [0.2, 0.25) is 10.0 Å². The normalized spacial score (nSPS) is 11.4. The third kappa shape index (κ3) is 4.80. The SMILES string of the molecule is O=C(Nc1ccc(Cl)cc1)c1nnc(/C(Cl)=C/c2cccc(Cl)c2)s1. The number of hydrogen-bond acceptors (Lipinski definition) is 4. The molecule has 0 saturated carbocycles. The summed E-state index contributed by atoms with van der Waals surface area (Å²) in [5.74, 6) is -0.363. The molecule has 0 atom stereocenters. The number of rotatable bonds is 4. The lowest BCUT2D eigenvalue weighted by Crippen LogP contribution is -2.11. The summed E-state index contributed by atoms with van der Waals surface area (Å²) in [5.41, 5.74) is 1.45. The van der Waals surface area contributed by atoms with Gasteiger partial charge in [0.05, 0.1) is 5.03 Å². The monoisotopic (exact) mass is 409 g/mol. The molecule has 1 aromatic heterocycles. The number of nitrogens with zero attached hydrogens (tertiary/aromatic N) is 2. The highest BCUT2D eigenvalue weighted by Gasteiger charge is 2.15. The topological polar surface area (TPSA) is 54.9 Å². The lowest BCUT2D eigenvalue weighted by Gasteiger charge is -2.01. The van der Waals surface area contributed by atoms with Crippen molar-refractivity contribution in [1.82, 2.24) is 10.2 Å². The van der Waals surface area contributed by atoms with Gasteiger partial charge in [0.1, 0.15) is 0 Å². The van der Waals surface area contributed by atoms with E-state index < -0.39 is 0 Å². The van der Waals surface area contributed by atoms with Crippen LogP contribution in [0.4, 0.5) is 5.69 Å². The van der Waals surface area contributed by atoms with E-state index in [1.54, 1.807) is 42.5 Å². The summed E-state index contributed by atoms with van der Waals surface area (Å²) in [7, 11) is 0. The van der Waals surface area contributed by atoms with Crippen molar-refractivity contribution in [2.45, 2.75) is 0 Å². The van der Waals surface area contributed by atoms with Crippen molar-refractivity contribution in [3.8, 4) is 0 Å². The number of hydrogen-bond donors (Lipinski definition) is 1. The lowest BCUT2D eigenvalue weighted by atomic mass is 10.2. The van der Waals surface area contributed by atoms with Gasteiger partial charge in [-0.15, -0.1) is 10.2 Å². The summed E-state index contributed by atoms with van der Waals surface area (Å²) in [6, 6.07) is 14.0. The molecule has 1 heterocycles. The van der Waals surface area contributed by atoms with Gasteiger partial charge in [-0.25, -0.2) is 0 Å². The fraction of sp³-hybridized carbons (Fsp3) is 0. The fourth-order valence-corrected chi connectivity index (χ4v) is 3.18. The van der Waals surface area contributed by atoms with Crippen molar-refractivity contribution in [3.05, 3.63) is 74.2 Å². The molecule has 2 aromatic carbocycles. The molecule has 0 spiro atoms. The average Bonchev–Trinajstić information content (AvgIpc) is 3.07. The highest BCUT2D eigenvalue weighted by Crippen LogP contribution is 2.26. The van der Waals surface area contributed by atoms with E-state index in [1.165, 1.54) is 0 Å². The van der Waals surface area contributed by atoms with Gasteiger partial charge >= 0.3 is 0 Å². The Hall–Kier alpha value is -1.92.